The minimum absolute atomic E-state index is 0.123. The molecule has 0 spiro atoms. The summed E-state index contributed by atoms with van der Waals surface area (Å²) in [4.78, 5) is 13.1. The monoisotopic (exact) mass is 297 g/mol. The Kier molecular flexibility index (Phi) is 6.06. The first-order valence-corrected chi connectivity index (χ1v) is 8.54. The molecule has 0 aromatic carbocycles. The highest BCUT2D eigenvalue weighted by Gasteiger charge is 2.30. The number of carbonyl (C=O) groups is 1. The van der Waals surface area contributed by atoms with Crippen molar-refractivity contribution >= 4 is 5.97 Å². The van der Waals surface area contributed by atoms with Gasteiger partial charge in [-0.25, -0.2) is 0 Å². The van der Waals surface area contributed by atoms with E-state index in [1.165, 1.54) is 32.1 Å². The van der Waals surface area contributed by atoms with Gasteiger partial charge in [-0.15, -0.1) is 0 Å². The number of carboxylic acids is 1. The second-order valence-electron chi connectivity index (χ2n) is 7.50. The van der Waals surface area contributed by atoms with Crippen LogP contribution in [0.1, 0.15) is 65.2 Å². The number of aliphatic carboxylic acids is 1. The summed E-state index contributed by atoms with van der Waals surface area (Å²) in [5.74, 6) is -0.770. The summed E-state index contributed by atoms with van der Waals surface area (Å²) >= 11 is 0. The maximum atomic E-state index is 10.5. The highest BCUT2D eigenvalue weighted by molar-refractivity contribution is 5.66. The van der Waals surface area contributed by atoms with Crippen molar-refractivity contribution in [3.63, 3.8) is 0 Å². The van der Waals surface area contributed by atoms with Crippen LogP contribution in [0, 0.1) is 5.41 Å². The third kappa shape index (κ3) is 5.59. The first-order chi connectivity index (χ1) is 9.96. The van der Waals surface area contributed by atoms with E-state index in [1.807, 2.05) is 0 Å². The van der Waals surface area contributed by atoms with E-state index in [9.17, 15) is 4.79 Å². The van der Waals surface area contributed by atoms with Gasteiger partial charge < -0.3 is 14.7 Å². The van der Waals surface area contributed by atoms with E-state index >= 15 is 0 Å². The second-order valence-corrected chi connectivity index (χ2v) is 7.50. The Labute approximate surface area is 128 Å². The number of nitrogens with zero attached hydrogens (tertiary/aromatic N) is 1. The van der Waals surface area contributed by atoms with Crippen molar-refractivity contribution < 1.29 is 14.6 Å². The SMILES string of the molecule is CC1(C)CCCC(N2CCC(OCCC(=O)O)CC2)CC1. The molecule has 1 N–H and O–H groups in total. The summed E-state index contributed by atoms with van der Waals surface area (Å²) < 4.78 is 5.68. The molecule has 1 aliphatic heterocycles. The zero-order valence-electron chi connectivity index (χ0n) is 13.6. The first kappa shape index (κ1) is 16.8. The van der Waals surface area contributed by atoms with E-state index in [0.29, 0.717) is 12.0 Å². The Morgan fingerprint density at radius 2 is 1.90 bits per heavy atom. The fourth-order valence-electron chi connectivity index (χ4n) is 3.73. The fourth-order valence-corrected chi connectivity index (χ4v) is 3.73. The van der Waals surface area contributed by atoms with Gasteiger partial charge in [0.2, 0.25) is 0 Å². The smallest absolute Gasteiger partial charge is 0.305 e. The lowest BCUT2D eigenvalue weighted by molar-refractivity contribution is -0.138. The number of rotatable bonds is 5. The van der Waals surface area contributed by atoms with Gasteiger partial charge in [-0.3, -0.25) is 4.79 Å². The molecular formula is C17H31NO3. The summed E-state index contributed by atoms with van der Waals surface area (Å²) in [5.41, 5.74) is 0.521. The zero-order chi connectivity index (χ0) is 15.3. The number of piperidine rings is 1. The molecule has 122 valence electrons. The summed E-state index contributed by atoms with van der Waals surface area (Å²) in [5, 5.41) is 8.64. The van der Waals surface area contributed by atoms with E-state index in [0.717, 1.165) is 32.0 Å². The number of ether oxygens (including phenoxy) is 1. The van der Waals surface area contributed by atoms with E-state index in [4.69, 9.17) is 9.84 Å². The summed E-state index contributed by atoms with van der Waals surface area (Å²) in [6.07, 6.45) is 9.22. The van der Waals surface area contributed by atoms with Crippen molar-refractivity contribution in [2.24, 2.45) is 5.41 Å². The number of likely N-dealkylation sites (tertiary alicyclic amines) is 1. The molecular weight excluding hydrogens is 266 g/mol. The Morgan fingerprint density at radius 1 is 1.19 bits per heavy atom. The second kappa shape index (κ2) is 7.59. The Balaban J connectivity index is 1.70. The van der Waals surface area contributed by atoms with E-state index in [2.05, 4.69) is 18.7 Å². The molecule has 2 aliphatic rings. The van der Waals surface area contributed by atoms with Gasteiger partial charge >= 0.3 is 5.97 Å². The van der Waals surface area contributed by atoms with Gasteiger partial charge in [-0.1, -0.05) is 20.3 Å². The molecule has 2 fully saturated rings. The van der Waals surface area contributed by atoms with Crippen molar-refractivity contribution in [2.45, 2.75) is 77.4 Å². The van der Waals surface area contributed by atoms with Crippen LogP contribution in [0.3, 0.4) is 0 Å². The minimum atomic E-state index is -0.770. The van der Waals surface area contributed by atoms with E-state index in [-0.39, 0.29) is 12.5 Å². The predicted octanol–water partition coefficient (Wildman–Crippen LogP) is 3.30. The fraction of sp³-hybridized carbons (Fsp3) is 0.941. The predicted molar refractivity (Wildman–Crippen MR) is 83.5 cm³/mol. The van der Waals surface area contributed by atoms with Crippen molar-refractivity contribution in [1.29, 1.82) is 0 Å². The van der Waals surface area contributed by atoms with Crippen LogP contribution in [0.25, 0.3) is 0 Å². The molecule has 21 heavy (non-hydrogen) atoms. The van der Waals surface area contributed by atoms with Crippen molar-refractivity contribution in [1.82, 2.24) is 4.90 Å². The third-order valence-corrected chi connectivity index (χ3v) is 5.21. The Hall–Kier alpha value is -0.610. The molecule has 1 saturated heterocycles. The zero-order valence-corrected chi connectivity index (χ0v) is 13.6. The largest absolute Gasteiger partial charge is 0.481 e. The van der Waals surface area contributed by atoms with Gasteiger partial charge in [0.05, 0.1) is 19.1 Å². The van der Waals surface area contributed by atoms with Gasteiger partial charge in [0, 0.05) is 19.1 Å². The topological polar surface area (TPSA) is 49.8 Å². The molecule has 2 rings (SSSR count). The lowest BCUT2D eigenvalue weighted by Crippen LogP contribution is -2.43. The van der Waals surface area contributed by atoms with Crippen LogP contribution in [-0.2, 0) is 9.53 Å². The highest BCUT2D eigenvalue weighted by Crippen LogP contribution is 2.36. The molecule has 4 nitrogen and oxygen atoms in total. The molecule has 1 heterocycles. The molecule has 1 unspecified atom stereocenters. The quantitative estimate of drug-likeness (QED) is 0.791. The summed E-state index contributed by atoms with van der Waals surface area (Å²) in [7, 11) is 0. The van der Waals surface area contributed by atoms with Crippen molar-refractivity contribution in [3.05, 3.63) is 0 Å². The van der Waals surface area contributed by atoms with Gasteiger partial charge in [-0.2, -0.15) is 0 Å². The molecule has 1 atom stereocenters. The van der Waals surface area contributed by atoms with Crippen molar-refractivity contribution in [2.75, 3.05) is 19.7 Å². The highest BCUT2D eigenvalue weighted by atomic mass is 16.5. The molecule has 4 heteroatoms. The summed E-state index contributed by atoms with van der Waals surface area (Å²) in [6, 6.07) is 0.756. The molecule has 1 aliphatic carbocycles. The number of hydrogen-bond donors (Lipinski definition) is 1. The molecule has 1 saturated carbocycles. The maximum Gasteiger partial charge on any atom is 0.305 e. The molecule has 0 aromatic heterocycles. The van der Waals surface area contributed by atoms with Gasteiger partial charge in [-0.05, 0) is 43.9 Å². The minimum Gasteiger partial charge on any atom is -0.481 e. The van der Waals surface area contributed by atoms with Crippen LogP contribution in [0.15, 0.2) is 0 Å². The van der Waals surface area contributed by atoms with Gasteiger partial charge in [0.1, 0.15) is 0 Å². The Bertz CT molecular complexity index is 335. The molecule has 0 bridgehead atoms. The Morgan fingerprint density at radius 3 is 2.57 bits per heavy atom. The van der Waals surface area contributed by atoms with Gasteiger partial charge in [0.25, 0.3) is 0 Å². The number of hydrogen-bond acceptors (Lipinski definition) is 3. The standard InChI is InChI=1S/C17H31NO3/c1-17(2)9-3-4-14(5-10-17)18-11-6-15(7-12-18)21-13-8-16(19)20/h14-15H,3-13H2,1-2H3,(H,19,20). The average molecular weight is 297 g/mol. The van der Waals surface area contributed by atoms with Crippen LogP contribution >= 0.6 is 0 Å². The average Bonchev–Trinajstić information content (AvgIpc) is 2.60. The van der Waals surface area contributed by atoms with Crippen LogP contribution in [0.4, 0.5) is 0 Å². The van der Waals surface area contributed by atoms with Crippen molar-refractivity contribution in [3.8, 4) is 0 Å². The maximum absolute atomic E-state index is 10.5. The number of carboxylic acid groups (broad SMARTS) is 1. The third-order valence-electron chi connectivity index (χ3n) is 5.21. The van der Waals surface area contributed by atoms with Crippen LogP contribution < -0.4 is 0 Å². The van der Waals surface area contributed by atoms with Crippen LogP contribution in [0.5, 0.6) is 0 Å². The van der Waals surface area contributed by atoms with E-state index in [1.54, 1.807) is 0 Å². The normalized spacial score (nSPS) is 28.2. The lowest BCUT2D eigenvalue weighted by atomic mass is 9.85. The van der Waals surface area contributed by atoms with Crippen LogP contribution in [0.2, 0.25) is 0 Å². The van der Waals surface area contributed by atoms with Gasteiger partial charge in [0.15, 0.2) is 0 Å². The molecule has 0 aromatic rings. The van der Waals surface area contributed by atoms with Crippen LogP contribution in [-0.4, -0.2) is 47.8 Å². The molecule has 0 radical (unpaired) electrons. The van der Waals surface area contributed by atoms with E-state index < -0.39 is 5.97 Å². The lowest BCUT2D eigenvalue weighted by Gasteiger charge is -2.37. The first-order valence-electron chi connectivity index (χ1n) is 8.54. The summed E-state index contributed by atoms with van der Waals surface area (Å²) in [6.45, 7) is 7.39. The molecule has 0 amide bonds.